The molecule has 0 atom stereocenters. The summed E-state index contributed by atoms with van der Waals surface area (Å²) < 4.78 is 21.5. The molecular weight excluding hydrogens is 364 g/mol. The van der Waals surface area contributed by atoms with Crippen LogP contribution in [0.5, 0.6) is 17.2 Å². The monoisotopic (exact) mass is 380 g/mol. The van der Waals surface area contributed by atoms with Crippen LogP contribution in [0.3, 0.4) is 0 Å². The largest absolute Gasteiger partial charge is 0.497 e. The maximum atomic E-state index is 12.2. The molecule has 0 N–H and O–H groups in total. The molecule has 0 heterocycles. The molecule has 0 aliphatic carbocycles. The molecule has 0 saturated carbocycles. The van der Waals surface area contributed by atoms with Gasteiger partial charge in [0, 0.05) is 7.11 Å². The topological polar surface area (TPSA) is 54.0 Å². The van der Waals surface area contributed by atoms with Crippen LogP contribution in [0.2, 0.25) is 0 Å². The first-order valence-electron chi connectivity index (χ1n) is 6.91. The van der Waals surface area contributed by atoms with Crippen LogP contribution >= 0.6 is 15.9 Å². The average molecular weight is 381 g/mol. The molecule has 0 aromatic heterocycles. The first-order valence-corrected chi connectivity index (χ1v) is 7.71. The summed E-state index contributed by atoms with van der Waals surface area (Å²) in [7, 11) is 3.19. The van der Waals surface area contributed by atoms with E-state index in [1.807, 2.05) is 0 Å². The Labute approximate surface area is 143 Å². The van der Waals surface area contributed by atoms with Gasteiger partial charge in [0.1, 0.15) is 23.9 Å². The predicted octanol–water partition coefficient (Wildman–Crippen LogP) is 3.70. The summed E-state index contributed by atoms with van der Waals surface area (Å²) in [5, 5.41) is 0. The highest BCUT2D eigenvalue weighted by Crippen LogP contribution is 2.27. The van der Waals surface area contributed by atoms with Gasteiger partial charge in [0.2, 0.25) is 0 Å². The number of carbonyl (C=O) groups is 1. The van der Waals surface area contributed by atoms with Crippen molar-refractivity contribution < 1.29 is 23.7 Å². The first-order chi connectivity index (χ1) is 11.1. The van der Waals surface area contributed by atoms with Gasteiger partial charge in [-0.1, -0.05) is 0 Å². The lowest BCUT2D eigenvalue weighted by Gasteiger charge is -2.09. The summed E-state index contributed by atoms with van der Waals surface area (Å²) in [5.74, 6) is 1.35. The van der Waals surface area contributed by atoms with Gasteiger partial charge in [0.25, 0.3) is 0 Å². The first kappa shape index (κ1) is 17.3. The molecule has 2 rings (SSSR count). The van der Waals surface area contributed by atoms with E-state index in [1.54, 1.807) is 56.7 Å². The number of methoxy groups -OCH3 is 2. The van der Waals surface area contributed by atoms with Crippen molar-refractivity contribution in [2.45, 2.75) is 0 Å². The van der Waals surface area contributed by atoms with Crippen molar-refractivity contribution in [2.24, 2.45) is 0 Å². The van der Waals surface area contributed by atoms with E-state index in [2.05, 4.69) is 15.9 Å². The van der Waals surface area contributed by atoms with Gasteiger partial charge >= 0.3 is 5.97 Å². The fourth-order valence-corrected chi connectivity index (χ4v) is 2.28. The second kappa shape index (κ2) is 8.55. The number of hydrogen-bond donors (Lipinski definition) is 0. The van der Waals surface area contributed by atoms with Crippen molar-refractivity contribution in [3.05, 3.63) is 52.5 Å². The molecule has 6 heteroatoms. The molecule has 0 spiro atoms. The van der Waals surface area contributed by atoms with E-state index in [4.69, 9.17) is 18.9 Å². The van der Waals surface area contributed by atoms with Crippen molar-refractivity contribution in [2.75, 3.05) is 27.4 Å². The van der Waals surface area contributed by atoms with Crippen LogP contribution in [0, 0.1) is 0 Å². The predicted molar refractivity (Wildman–Crippen MR) is 89.5 cm³/mol. The minimum atomic E-state index is -0.445. The van der Waals surface area contributed by atoms with Crippen LogP contribution in [0.25, 0.3) is 0 Å². The molecule has 5 nitrogen and oxygen atoms in total. The lowest BCUT2D eigenvalue weighted by Crippen LogP contribution is -2.09. The third-order valence-electron chi connectivity index (χ3n) is 2.98. The van der Waals surface area contributed by atoms with Crippen LogP contribution < -0.4 is 14.2 Å². The average Bonchev–Trinajstić information content (AvgIpc) is 2.57. The highest BCUT2D eigenvalue weighted by Gasteiger charge is 2.12. The van der Waals surface area contributed by atoms with Gasteiger partial charge in [-0.3, -0.25) is 0 Å². The second-order valence-electron chi connectivity index (χ2n) is 4.55. The summed E-state index contributed by atoms with van der Waals surface area (Å²) in [6.45, 7) is 0.929. The molecule has 23 heavy (non-hydrogen) atoms. The molecule has 122 valence electrons. The van der Waals surface area contributed by atoms with Gasteiger partial charge < -0.3 is 18.9 Å². The molecule has 0 amide bonds. The fraction of sp³-hybridized carbons (Fsp3) is 0.235. The molecule has 0 aliphatic rings. The number of hydrogen-bond acceptors (Lipinski definition) is 5. The third-order valence-corrected chi connectivity index (χ3v) is 3.60. The highest BCUT2D eigenvalue weighted by molar-refractivity contribution is 9.10. The Morgan fingerprint density at radius 2 is 1.70 bits per heavy atom. The van der Waals surface area contributed by atoms with Crippen molar-refractivity contribution in [3.8, 4) is 17.2 Å². The van der Waals surface area contributed by atoms with E-state index < -0.39 is 5.97 Å². The van der Waals surface area contributed by atoms with Crippen LogP contribution in [0.1, 0.15) is 10.4 Å². The summed E-state index contributed by atoms with van der Waals surface area (Å²) in [5.41, 5.74) is 0.423. The highest BCUT2D eigenvalue weighted by atomic mass is 79.9. The zero-order valence-corrected chi connectivity index (χ0v) is 14.5. The van der Waals surface area contributed by atoms with E-state index in [0.717, 1.165) is 0 Å². The van der Waals surface area contributed by atoms with Crippen molar-refractivity contribution in [3.63, 3.8) is 0 Å². The summed E-state index contributed by atoms with van der Waals surface area (Å²) in [6.07, 6.45) is 0. The van der Waals surface area contributed by atoms with E-state index in [-0.39, 0.29) is 0 Å². The Morgan fingerprint density at radius 1 is 1.00 bits per heavy atom. The fourth-order valence-electron chi connectivity index (χ4n) is 1.79. The summed E-state index contributed by atoms with van der Waals surface area (Å²) >= 11 is 3.38. The number of rotatable bonds is 7. The minimum Gasteiger partial charge on any atom is -0.497 e. The Bertz CT molecular complexity index is 655. The summed E-state index contributed by atoms with van der Waals surface area (Å²) in [6, 6.07) is 11.8. The molecular formula is C17H17BrO5. The maximum Gasteiger partial charge on any atom is 0.343 e. The van der Waals surface area contributed by atoms with Crippen molar-refractivity contribution in [1.29, 1.82) is 0 Å². The summed E-state index contributed by atoms with van der Waals surface area (Å²) in [4.78, 5) is 12.2. The van der Waals surface area contributed by atoms with E-state index in [9.17, 15) is 4.79 Å². The van der Waals surface area contributed by atoms with Crippen LogP contribution in [0.15, 0.2) is 46.9 Å². The van der Waals surface area contributed by atoms with E-state index >= 15 is 0 Å². The molecule has 0 bridgehead atoms. The van der Waals surface area contributed by atoms with E-state index in [0.29, 0.717) is 40.5 Å². The van der Waals surface area contributed by atoms with Gasteiger partial charge in [-0.25, -0.2) is 4.79 Å². The van der Waals surface area contributed by atoms with Crippen LogP contribution in [-0.2, 0) is 4.74 Å². The molecule has 0 aliphatic heterocycles. The van der Waals surface area contributed by atoms with Crippen molar-refractivity contribution >= 4 is 21.9 Å². The molecule has 0 unspecified atom stereocenters. The maximum absolute atomic E-state index is 12.2. The van der Waals surface area contributed by atoms with Crippen LogP contribution in [-0.4, -0.2) is 33.4 Å². The quantitative estimate of drug-likeness (QED) is 0.416. The molecule has 0 fully saturated rings. The van der Waals surface area contributed by atoms with Crippen LogP contribution in [0.4, 0.5) is 0 Å². The number of halogens is 1. The number of esters is 1. The lowest BCUT2D eigenvalue weighted by atomic mass is 10.2. The smallest absolute Gasteiger partial charge is 0.343 e. The minimum absolute atomic E-state index is 0.423. The number of carbonyl (C=O) groups excluding carboxylic acids is 1. The third kappa shape index (κ3) is 4.97. The van der Waals surface area contributed by atoms with Gasteiger partial charge in [-0.15, -0.1) is 0 Å². The molecule has 0 radical (unpaired) electrons. The Morgan fingerprint density at radius 3 is 2.30 bits per heavy atom. The van der Waals surface area contributed by atoms with Gasteiger partial charge in [0.15, 0.2) is 0 Å². The normalized spacial score (nSPS) is 10.2. The van der Waals surface area contributed by atoms with Gasteiger partial charge in [-0.2, -0.15) is 0 Å². The standard InChI is InChI=1S/C17H17BrO5/c1-20-9-10-22-16-8-3-12(11-15(16)18)17(19)23-14-6-4-13(21-2)5-7-14/h3-8,11H,9-10H2,1-2H3. The SMILES string of the molecule is COCCOc1ccc(C(=O)Oc2ccc(OC)cc2)cc1Br. The second-order valence-corrected chi connectivity index (χ2v) is 5.41. The Hall–Kier alpha value is -2.05. The molecule has 2 aromatic carbocycles. The van der Waals surface area contributed by atoms with Gasteiger partial charge in [-0.05, 0) is 58.4 Å². The zero-order chi connectivity index (χ0) is 16.7. The molecule has 0 saturated heterocycles. The van der Waals surface area contributed by atoms with E-state index in [1.165, 1.54) is 0 Å². The Balaban J connectivity index is 2.02. The molecule has 2 aromatic rings. The number of ether oxygens (including phenoxy) is 4. The number of benzene rings is 2. The zero-order valence-electron chi connectivity index (χ0n) is 12.9. The lowest BCUT2D eigenvalue weighted by molar-refractivity contribution is 0.0734. The Kier molecular flexibility index (Phi) is 6.43. The van der Waals surface area contributed by atoms with Crippen molar-refractivity contribution in [1.82, 2.24) is 0 Å². The van der Waals surface area contributed by atoms with Gasteiger partial charge in [0.05, 0.1) is 23.8 Å².